The molecule has 0 saturated heterocycles. The lowest BCUT2D eigenvalue weighted by atomic mass is 9.77. The Hall–Kier alpha value is -2.00. The molecular formula is C24H22ClF3. The van der Waals surface area contributed by atoms with Crippen LogP contribution in [0.3, 0.4) is 0 Å². The van der Waals surface area contributed by atoms with Crippen LogP contribution in [0, 0.1) is 23.4 Å². The number of rotatable bonds is 3. The number of halogens is 4. The molecule has 0 radical (unpaired) electrons. The van der Waals surface area contributed by atoms with Crippen LogP contribution in [-0.2, 0) is 0 Å². The Morgan fingerprint density at radius 2 is 1.57 bits per heavy atom. The van der Waals surface area contributed by atoms with E-state index in [4.69, 9.17) is 11.6 Å². The molecule has 0 nitrogen and oxygen atoms in total. The van der Waals surface area contributed by atoms with E-state index in [-0.39, 0.29) is 11.1 Å². The van der Waals surface area contributed by atoms with Crippen molar-refractivity contribution in [2.75, 3.05) is 0 Å². The van der Waals surface area contributed by atoms with Crippen LogP contribution in [0.15, 0.2) is 42.5 Å². The molecule has 146 valence electrons. The van der Waals surface area contributed by atoms with Crippen molar-refractivity contribution in [3.8, 4) is 11.1 Å². The van der Waals surface area contributed by atoms with Crippen LogP contribution in [0.2, 0.25) is 5.02 Å². The predicted octanol–water partition coefficient (Wildman–Crippen LogP) is 8.26. The molecule has 1 aliphatic rings. The molecule has 0 spiro atoms. The van der Waals surface area contributed by atoms with Crippen LogP contribution in [0.1, 0.15) is 50.5 Å². The topological polar surface area (TPSA) is 0 Å². The van der Waals surface area contributed by atoms with Gasteiger partial charge in [0.05, 0.1) is 0 Å². The van der Waals surface area contributed by atoms with E-state index >= 15 is 4.39 Å². The molecule has 3 aromatic rings. The molecule has 1 fully saturated rings. The molecule has 28 heavy (non-hydrogen) atoms. The van der Waals surface area contributed by atoms with Crippen molar-refractivity contribution in [2.45, 2.75) is 44.9 Å². The van der Waals surface area contributed by atoms with E-state index in [0.29, 0.717) is 11.3 Å². The van der Waals surface area contributed by atoms with E-state index in [1.165, 1.54) is 37.7 Å². The maximum absolute atomic E-state index is 15.1. The van der Waals surface area contributed by atoms with Crippen molar-refractivity contribution in [1.29, 1.82) is 0 Å². The average molecular weight is 403 g/mol. The fourth-order valence-corrected chi connectivity index (χ4v) is 4.51. The monoisotopic (exact) mass is 402 g/mol. The minimum absolute atomic E-state index is 0.140. The fraction of sp³-hybridized carbons (Fsp3) is 0.333. The van der Waals surface area contributed by atoms with Crippen LogP contribution in [0.5, 0.6) is 0 Å². The predicted molar refractivity (Wildman–Crippen MR) is 109 cm³/mol. The Bertz CT molecular complexity index is 997. The van der Waals surface area contributed by atoms with Crippen LogP contribution < -0.4 is 0 Å². The van der Waals surface area contributed by atoms with Gasteiger partial charge in [0.15, 0.2) is 0 Å². The van der Waals surface area contributed by atoms with Crippen LogP contribution in [-0.4, -0.2) is 0 Å². The lowest BCUT2D eigenvalue weighted by molar-refractivity contribution is 0.319. The molecule has 0 aliphatic heterocycles. The van der Waals surface area contributed by atoms with Gasteiger partial charge in [-0.3, -0.25) is 0 Å². The second-order valence-corrected chi connectivity index (χ2v) is 8.17. The molecule has 0 bridgehead atoms. The molecule has 1 saturated carbocycles. The van der Waals surface area contributed by atoms with Gasteiger partial charge in [-0.2, -0.15) is 0 Å². The van der Waals surface area contributed by atoms with Gasteiger partial charge >= 0.3 is 0 Å². The van der Waals surface area contributed by atoms with Crippen molar-refractivity contribution >= 4 is 22.4 Å². The highest BCUT2D eigenvalue weighted by molar-refractivity contribution is 6.31. The number of benzene rings is 3. The van der Waals surface area contributed by atoms with E-state index in [9.17, 15) is 8.78 Å². The summed E-state index contributed by atoms with van der Waals surface area (Å²) in [5.41, 5.74) is 1.55. The van der Waals surface area contributed by atoms with Crippen molar-refractivity contribution in [2.24, 2.45) is 5.92 Å². The SMILES string of the molecule is CC[C@H]1CC[C@H](c2ccc3c(F)c(-c4cc(F)c(Cl)c(F)c4)ccc3c2)CC1. The van der Waals surface area contributed by atoms with Crippen molar-refractivity contribution < 1.29 is 13.2 Å². The van der Waals surface area contributed by atoms with Gasteiger partial charge in [0.1, 0.15) is 22.5 Å². The van der Waals surface area contributed by atoms with E-state index in [1.807, 2.05) is 12.1 Å². The summed E-state index contributed by atoms with van der Waals surface area (Å²) in [6.07, 6.45) is 6.09. The van der Waals surface area contributed by atoms with E-state index in [1.54, 1.807) is 12.1 Å². The first-order chi connectivity index (χ1) is 13.5. The molecule has 0 heterocycles. The number of hydrogen-bond donors (Lipinski definition) is 0. The highest BCUT2D eigenvalue weighted by atomic mass is 35.5. The lowest BCUT2D eigenvalue weighted by Crippen LogP contribution is -2.12. The first-order valence-electron chi connectivity index (χ1n) is 9.85. The zero-order valence-corrected chi connectivity index (χ0v) is 16.5. The maximum atomic E-state index is 15.1. The van der Waals surface area contributed by atoms with Gasteiger partial charge in [0, 0.05) is 10.9 Å². The quantitative estimate of drug-likeness (QED) is 0.387. The standard InChI is InChI=1S/C24H22ClF3/c1-2-14-3-5-15(6-4-14)16-7-9-19-17(11-16)8-10-20(24(19)28)18-12-21(26)23(25)22(27)13-18/h7-15H,2-6H2,1H3/t14-,15-. The zero-order valence-electron chi connectivity index (χ0n) is 15.7. The second-order valence-electron chi connectivity index (χ2n) is 7.79. The molecule has 4 heteroatoms. The summed E-state index contributed by atoms with van der Waals surface area (Å²) >= 11 is 5.54. The van der Waals surface area contributed by atoms with E-state index < -0.39 is 22.5 Å². The Balaban J connectivity index is 1.69. The smallest absolute Gasteiger partial charge is 0.145 e. The number of fused-ring (bicyclic) bond motifs is 1. The van der Waals surface area contributed by atoms with Gasteiger partial charge in [-0.05, 0) is 66.2 Å². The summed E-state index contributed by atoms with van der Waals surface area (Å²) in [6, 6.07) is 11.4. The van der Waals surface area contributed by atoms with Gasteiger partial charge in [-0.25, -0.2) is 13.2 Å². The van der Waals surface area contributed by atoms with Crippen molar-refractivity contribution in [3.63, 3.8) is 0 Å². The molecule has 0 unspecified atom stereocenters. The summed E-state index contributed by atoms with van der Waals surface area (Å²) < 4.78 is 42.7. The minimum atomic E-state index is -0.894. The summed E-state index contributed by atoms with van der Waals surface area (Å²) in [6.45, 7) is 2.25. The van der Waals surface area contributed by atoms with Gasteiger partial charge in [-0.15, -0.1) is 0 Å². The zero-order chi connectivity index (χ0) is 19.8. The second kappa shape index (κ2) is 7.79. The van der Waals surface area contributed by atoms with E-state index in [0.717, 1.165) is 23.4 Å². The van der Waals surface area contributed by atoms with Crippen LogP contribution in [0.4, 0.5) is 13.2 Å². The fourth-order valence-electron chi connectivity index (χ4n) is 4.40. The third kappa shape index (κ3) is 3.53. The van der Waals surface area contributed by atoms with Gasteiger partial charge in [0.25, 0.3) is 0 Å². The number of hydrogen-bond acceptors (Lipinski definition) is 0. The molecule has 0 N–H and O–H groups in total. The molecule has 0 aromatic heterocycles. The van der Waals surface area contributed by atoms with Gasteiger partial charge < -0.3 is 0 Å². The highest BCUT2D eigenvalue weighted by Gasteiger charge is 2.22. The summed E-state index contributed by atoms with van der Waals surface area (Å²) in [4.78, 5) is 0. The molecule has 0 atom stereocenters. The van der Waals surface area contributed by atoms with Crippen molar-refractivity contribution in [3.05, 3.63) is 70.5 Å². The third-order valence-electron chi connectivity index (χ3n) is 6.17. The summed E-state index contributed by atoms with van der Waals surface area (Å²) in [7, 11) is 0. The largest absolute Gasteiger partial charge is 0.206 e. The van der Waals surface area contributed by atoms with E-state index in [2.05, 4.69) is 13.0 Å². The lowest BCUT2D eigenvalue weighted by Gasteiger charge is -2.28. The molecule has 0 amide bonds. The Morgan fingerprint density at radius 1 is 0.893 bits per heavy atom. The average Bonchev–Trinajstić information content (AvgIpc) is 2.72. The normalized spacial score (nSPS) is 19.9. The first-order valence-corrected chi connectivity index (χ1v) is 10.2. The third-order valence-corrected chi connectivity index (χ3v) is 6.53. The minimum Gasteiger partial charge on any atom is -0.206 e. The Morgan fingerprint density at radius 3 is 2.21 bits per heavy atom. The van der Waals surface area contributed by atoms with Crippen molar-refractivity contribution in [1.82, 2.24) is 0 Å². The molecule has 3 aromatic carbocycles. The first kappa shape index (κ1) is 19.3. The molecular weight excluding hydrogens is 381 g/mol. The summed E-state index contributed by atoms with van der Waals surface area (Å²) in [5, 5.41) is 0.693. The molecule has 4 rings (SSSR count). The molecule has 1 aliphatic carbocycles. The van der Waals surface area contributed by atoms with Crippen LogP contribution in [0.25, 0.3) is 21.9 Å². The Labute approximate surface area is 168 Å². The Kier molecular flexibility index (Phi) is 5.37. The maximum Gasteiger partial charge on any atom is 0.145 e. The summed E-state index contributed by atoms with van der Waals surface area (Å²) in [5.74, 6) is -0.908. The van der Waals surface area contributed by atoms with Gasteiger partial charge in [0.2, 0.25) is 0 Å². The van der Waals surface area contributed by atoms with Gasteiger partial charge in [-0.1, -0.05) is 55.3 Å². The van der Waals surface area contributed by atoms with Crippen LogP contribution >= 0.6 is 11.6 Å². The highest BCUT2D eigenvalue weighted by Crippen LogP contribution is 2.39.